The Hall–Kier alpha value is -1.62. The molecule has 0 saturated heterocycles. The smallest absolute Gasteiger partial charge is 0.138 e. The minimum absolute atomic E-state index is 0.570. The van der Waals surface area contributed by atoms with E-state index in [9.17, 15) is 0 Å². The van der Waals surface area contributed by atoms with E-state index < -0.39 is 0 Å². The van der Waals surface area contributed by atoms with E-state index in [4.69, 9.17) is 10.3 Å². The van der Waals surface area contributed by atoms with Crippen molar-refractivity contribution < 1.29 is 4.52 Å². The third-order valence-electron chi connectivity index (χ3n) is 2.46. The summed E-state index contributed by atoms with van der Waals surface area (Å²) in [5.74, 6) is 0.816. The fourth-order valence-corrected chi connectivity index (χ4v) is 1.45. The van der Waals surface area contributed by atoms with Gasteiger partial charge in [0.1, 0.15) is 11.5 Å². The molecule has 0 aliphatic carbocycles. The zero-order valence-corrected chi connectivity index (χ0v) is 8.90. The van der Waals surface area contributed by atoms with Gasteiger partial charge in [-0.15, -0.1) is 0 Å². The van der Waals surface area contributed by atoms with Crippen molar-refractivity contribution in [1.29, 1.82) is 0 Å². The van der Waals surface area contributed by atoms with Gasteiger partial charge in [0.15, 0.2) is 0 Å². The molecular formula is C10H14N4O. The lowest BCUT2D eigenvalue weighted by Gasteiger charge is -1.94. The van der Waals surface area contributed by atoms with Crippen LogP contribution in [0.4, 0.5) is 0 Å². The normalized spacial score (nSPS) is 10.9. The molecule has 0 radical (unpaired) electrons. The Bertz CT molecular complexity index is 458. The fourth-order valence-electron chi connectivity index (χ4n) is 1.45. The SMILES string of the molecule is Cc1c(-c2cc(CCN)on2)cnn1C. The lowest BCUT2D eigenvalue weighted by molar-refractivity contribution is 0.386. The van der Waals surface area contributed by atoms with E-state index in [0.29, 0.717) is 13.0 Å². The summed E-state index contributed by atoms with van der Waals surface area (Å²) < 4.78 is 6.97. The molecule has 80 valence electrons. The zero-order chi connectivity index (χ0) is 10.8. The molecule has 5 nitrogen and oxygen atoms in total. The van der Waals surface area contributed by atoms with Crippen molar-refractivity contribution in [2.24, 2.45) is 12.8 Å². The van der Waals surface area contributed by atoms with E-state index in [0.717, 1.165) is 22.7 Å². The summed E-state index contributed by atoms with van der Waals surface area (Å²) in [6.45, 7) is 2.57. The van der Waals surface area contributed by atoms with Gasteiger partial charge in [-0.2, -0.15) is 5.10 Å². The van der Waals surface area contributed by atoms with Crippen LogP contribution < -0.4 is 5.73 Å². The van der Waals surface area contributed by atoms with Crippen LogP contribution in [-0.4, -0.2) is 21.5 Å². The molecule has 2 rings (SSSR count). The quantitative estimate of drug-likeness (QED) is 0.809. The Labute approximate surface area is 87.9 Å². The van der Waals surface area contributed by atoms with Crippen molar-refractivity contribution in [2.45, 2.75) is 13.3 Å². The van der Waals surface area contributed by atoms with E-state index >= 15 is 0 Å². The minimum atomic E-state index is 0.570. The standard InChI is InChI=1S/C10H14N4O/c1-7-9(6-12-14(7)2)10-5-8(3-4-11)15-13-10/h5-6H,3-4,11H2,1-2H3. The van der Waals surface area contributed by atoms with Crippen molar-refractivity contribution in [3.8, 4) is 11.3 Å². The predicted molar refractivity (Wildman–Crippen MR) is 56.2 cm³/mol. The molecule has 2 aromatic heterocycles. The molecule has 15 heavy (non-hydrogen) atoms. The monoisotopic (exact) mass is 206 g/mol. The summed E-state index contributed by atoms with van der Waals surface area (Å²) in [6, 6.07) is 1.91. The highest BCUT2D eigenvalue weighted by Gasteiger charge is 2.11. The van der Waals surface area contributed by atoms with Crippen LogP contribution in [0.25, 0.3) is 11.3 Å². The van der Waals surface area contributed by atoms with Crippen LogP contribution >= 0.6 is 0 Å². The molecule has 0 spiro atoms. The van der Waals surface area contributed by atoms with E-state index in [1.165, 1.54) is 0 Å². The number of nitrogens with two attached hydrogens (primary N) is 1. The Kier molecular flexibility index (Phi) is 2.55. The van der Waals surface area contributed by atoms with Gasteiger partial charge in [-0.1, -0.05) is 5.16 Å². The van der Waals surface area contributed by atoms with Crippen LogP contribution in [0.3, 0.4) is 0 Å². The largest absolute Gasteiger partial charge is 0.361 e. The maximum atomic E-state index is 5.44. The van der Waals surface area contributed by atoms with Crippen molar-refractivity contribution in [2.75, 3.05) is 6.54 Å². The Balaban J connectivity index is 2.33. The summed E-state index contributed by atoms with van der Waals surface area (Å²) >= 11 is 0. The van der Waals surface area contributed by atoms with Gasteiger partial charge in [-0.25, -0.2) is 0 Å². The second-order valence-corrected chi connectivity index (χ2v) is 3.48. The highest BCUT2D eigenvalue weighted by Crippen LogP contribution is 2.22. The molecule has 2 aromatic rings. The number of rotatable bonds is 3. The van der Waals surface area contributed by atoms with Crippen LogP contribution in [0, 0.1) is 6.92 Å². The van der Waals surface area contributed by atoms with Gasteiger partial charge in [0, 0.05) is 30.8 Å². The second-order valence-electron chi connectivity index (χ2n) is 3.48. The third-order valence-corrected chi connectivity index (χ3v) is 2.46. The van der Waals surface area contributed by atoms with Gasteiger partial charge in [0.2, 0.25) is 0 Å². The lowest BCUT2D eigenvalue weighted by atomic mass is 10.2. The molecule has 0 aliphatic heterocycles. The first-order chi connectivity index (χ1) is 7.22. The summed E-state index contributed by atoms with van der Waals surface area (Å²) in [7, 11) is 1.90. The van der Waals surface area contributed by atoms with Crippen molar-refractivity contribution in [1.82, 2.24) is 14.9 Å². The van der Waals surface area contributed by atoms with Crippen molar-refractivity contribution >= 4 is 0 Å². The maximum Gasteiger partial charge on any atom is 0.138 e. The molecule has 0 bridgehead atoms. The fraction of sp³-hybridized carbons (Fsp3) is 0.400. The maximum absolute atomic E-state index is 5.44. The first-order valence-corrected chi connectivity index (χ1v) is 4.87. The zero-order valence-electron chi connectivity index (χ0n) is 8.90. The molecule has 2 N–H and O–H groups in total. The molecule has 0 amide bonds. The van der Waals surface area contributed by atoms with Crippen molar-refractivity contribution in [3.05, 3.63) is 23.7 Å². The molecule has 0 aromatic carbocycles. The number of aryl methyl sites for hydroxylation is 1. The molecule has 0 unspecified atom stereocenters. The van der Waals surface area contributed by atoms with Crippen LogP contribution in [0.2, 0.25) is 0 Å². The Morgan fingerprint density at radius 2 is 2.33 bits per heavy atom. The van der Waals surface area contributed by atoms with Gasteiger partial charge in [-0.05, 0) is 13.5 Å². The Morgan fingerprint density at radius 3 is 2.93 bits per heavy atom. The summed E-state index contributed by atoms with van der Waals surface area (Å²) in [5.41, 5.74) is 8.34. The summed E-state index contributed by atoms with van der Waals surface area (Å²) in [4.78, 5) is 0. The molecule has 0 saturated carbocycles. The van der Waals surface area contributed by atoms with E-state index in [-0.39, 0.29) is 0 Å². The van der Waals surface area contributed by atoms with Crippen LogP contribution in [0.5, 0.6) is 0 Å². The minimum Gasteiger partial charge on any atom is -0.361 e. The average molecular weight is 206 g/mol. The number of nitrogens with zero attached hydrogens (tertiary/aromatic N) is 3. The van der Waals surface area contributed by atoms with E-state index in [2.05, 4.69) is 10.3 Å². The second kappa shape index (κ2) is 3.86. The van der Waals surface area contributed by atoms with Gasteiger partial charge >= 0.3 is 0 Å². The van der Waals surface area contributed by atoms with Gasteiger partial charge in [-0.3, -0.25) is 4.68 Å². The molecule has 0 aliphatic rings. The average Bonchev–Trinajstić information content (AvgIpc) is 2.77. The Morgan fingerprint density at radius 1 is 1.53 bits per heavy atom. The van der Waals surface area contributed by atoms with Crippen LogP contribution in [0.1, 0.15) is 11.5 Å². The molecule has 2 heterocycles. The number of hydrogen-bond donors (Lipinski definition) is 1. The lowest BCUT2D eigenvalue weighted by Crippen LogP contribution is -2.01. The van der Waals surface area contributed by atoms with Gasteiger partial charge in [0.25, 0.3) is 0 Å². The molecule has 0 atom stereocenters. The van der Waals surface area contributed by atoms with Gasteiger partial charge < -0.3 is 10.3 Å². The molecule has 0 fully saturated rings. The van der Waals surface area contributed by atoms with Crippen molar-refractivity contribution in [3.63, 3.8) is 0 Å². The number of hydrogen-bond acceptors (Lipinski definition) is 4. The third kappa shape index (κ3) is 1.78. The molecule has 5 heteroatoms. The van der Waals surface area contributed by atoms with Gasteiger partial charge in [0.05, 0.1) is 6.20 Å². The highest BCUT2D eigenvalue weighted by molar-refractivity contribution is 5.60. The predicted octanol–water partition coefficient (Wildman–Crippen LogP) is 0.885. The first-order valence-electron chi connectivity index (χ1n) is 4.87. The molecular weight excluding hydrogens is 192 g/mol. The first kappa shape index (κ1) is 9.92. The topological polar surface area (TPSA) is 69.9 Å². The summed E-state index contributed by atoms with van der Waals surface area (Å²) in [6.07, 6.45) is 2.51. The summed E-state index contributed by atoms with van der Waals surface area (Å²) in [5, 5.41) is 8.15. The number of aromatic nitrogens is 3. The van der Waals surface area contributed by atoms with E-state index in [1.807, 2.05) is 24.7 Å². The highest BCUT2D eigenvalue weighted by atomic mass is 16.5. The van der Waals surface area contributed by atoms with Crippen LogP contribution in [0.15, 0.2) is 16.8 Å². The van der Waals surface area contributed by atoms with Crippen LogP contribution in [-0.2, 0) is 13.5 Å². The van der Waals surface area contributed by atoms with E-state index in [1.54, 1.807) is 6.20 Å².